The zero-order valence-electron chi connectivity index (χ0n) is 11.9. The molecule has 0 aliphatic carbocycles. The highest BCUT2D eigenvalue weighted by Gasteiger charge is 2.53. The Labute approximate surface area is 122 Å². The van der Waals surface area contributed by atoms with E-state index in [0.29, 0.717) is 13.8 Å². The zero-order valence-corrected chi connectivity index (χ0v) is 11.9. The number of hydrogen-bond acceptors (Lipinski definition) is 10. The fourth-order valence-corrected chi connectivity index (χ4v) is 0.943. The molecule has 0 saturated carbocycles. The van der Waals surface area contributed by atoms with Crippen LogP contribution in [-0.2, 0) is 9.47 Å². The highest BCUT2D eigenvalue weighted by atomic mass is 16.7. The van der Waals surface area contributed by atoms with Gasteiger partial charge < -0.3 is 9.47 Å². The molecule has 22 heavy (non-hydrogen) atoms. The molecule has 0 aliphatic heterocycles. The molecule has 0 aliphatic rings. The number of nitrogens with zero attached hydrogens (tertiary/aromatic N) is 4. The monoisotopic (exact) mass is 326 g/mol. The summed E-state index contributed by atoms with van der Waals surface area (Å²) in [6, 6.07) is 0. The summed E-state index contributed by atoms with van der Waals surface area (Å²) in [7, 11) is 0. The zero-order chi connectivity index (χ0) is 17.7. The van der Waals surface area contributed by atoms with Gasteiger partial charge in [0.05, 0.1) is 13.8 Å². The van der Waals surface area contributed by atoms with E-state index >= 15 is 0 Å². The predicted molar refractivity (Wildman–Crippen MR) is 66.2 cm³/mol. The van der Waals surface area contributed by atoms with Crippen LogP contribution in [0.5, 0.6) is 0 Å². The molecule has 0 N–H and O–H groups in total. The maximum Gasteiger partial charge on any atom is 0.478 e. The lowest BCUT2D eigenvalue weighted by Gasteiger charge is -2.19. The van der Waals surface area contributed by atoms with Crippen molar-refractivity contribution < 1.29 is 29.2 Å². The van der Waals surface area contributed by atoms with Crippen molar-refractivity contribution in [2.45, 2.75) is 38.4 Å². The molecular formula is C8H14N4O10. The second kappa shape index (κ2) is 6.99. The first-order valence-electron chi connectivity index (χ1n) is 5.69. The Morgan fingerprint density at radius 1 is 0.773 bits per heavy atom. The molecular weight excluding hydrogens is 312 g/mol. The SMILES string of the molecule is CC(OCC(C)([N+](=O)[O-])[N+](=O)[O-])OCC(C)([N+](=O)[O-])[N+](=O)[O-]. The maximum atomic E-state index is 10.6. The van der Waals surface area contributed by atoms with E-state index in [4.69, 9.17) is 9.47 Å². The quantitative estimate of drug-likeness (QED) is 0.297. The van der Waals surface area contributed by atoms with Gasteiger partial charge in [-0.3, -0.25) is 40.5 Å². The van der Waals surface area contributed by atoms with E-state index < -0.39 is 50.5 Å². The highest BCUT2D eigenvalue weighted by Crippen LogP contribution is 2.15. The van der Waals surface area contributed by atoms with Gasteiger partial charge in [0.2, 0.25) is 0 Å². The summed E-state index contributed by atoms with van der Waals surface area (Å²) in [4.78, 5) is 37.9. The van der Waals surface area contributed by atoms with Crippen LogP contribution < -0.4 is 0 Å². The molecule has 0 bridgehead atoms. The molecule has 0 atom stereocenters. The minimum atomic E-state index is -2.63. The van der Waals surface area contributed by atoms with E-state index in [1.807, 2.05) is 0 Å². The normalized spacial score (nSPS) is 12.2. The van der Waals surface area contributed by atoms with Crippen molar-refractivity contribution in [2.24, 2.45) is 0 Å². The van der Waals surface area contributed by atoms with Gasteiger partial charge in [-0.15, -0.1) is 0 Å². The van der Waals surface area contributed by atoms with Gasteiger partial charge in [0.1, 0.15) is 19.7 Å². The fraction of sp³-hybridized carbons (Fsp3) is 1.00. The molecule has 126 valence electrons. The van der Waals surface area contributed by atoms with E-state index in [9.17, 15) is 40.5 Å². The number of nitro groups is 4. The standard InChI is InChI=1S/C8H14N4O10/c1-6(21-4-7(2,9(13)14)10(15)16)22-5-8(3,11(17)18)12(19)20/h6H,4-5H2,1-3H3. The Morgan fingerprint density at radius 3 is 1.18 bits per heavy atom. The molecule has 0 radical (unpaired) electrons. The largest absolute Gasteiger partial charge is 0.478 e. The maximum absolute atomic E-state index is 10.6. The Bertz CT molecular complexity index is 410. The molecule has 0 heterocycles. The molecule has 14 heteroatoms. The van der Waals surface area contributed by atoms with Crippen molar-refractivity contribution in [1.82, 2.24) is 0 Å². The molecule has 0 aromatic heterocycles. The summed E-state index contributed by atoms with van der Waals surface area (Å²) in [5, 5.41) is 42.5. The Balaban J connectivity index is 4.68. The average molecular weight is 326 g/mol. The lowest BCUT2D eigenvalue weighted by atomic mass is 10.2. The lowest BCUT2D eigenvalue weighted by Crippen LogP contribution is -2.50. The van der Waals surface area contributed by atoms with Gasteiger partial charge in [-0.2, -0.15) is 0 Å². The molecule has 0 aromatic rings. The van der Waals surface area contributed by atoms with Crippen LogP contribution in [0.4, 0.5) is 0 Å². The summed E-state index contributed by atoms with van der Waals surface area (Å²) < 4.78 is 9.47. The van der Waals surface area contributed by atoms with Crippen LogP contribution in [-0.4, -0.2) is 50.5 Å². The van der Waals surface area contributed by atoms with E-state index in [1.165, 1.54) is 0 Å². The first-order chi connectivity index (χ1) is 9.87. The highest BCUT2D eigenvalue weighted by molar-refractivity contribution is 4.61. The third kappa shape index (κ3) is 4.26. The summed E-state index contributed by atoms with van der Waals surface area (Å²) in [5.74, 6) is 0. The third-order valence-corrected chi connectivity index (χ3v) is 2.76. The molecule has 0 saturated heterocycles. The summed E-state index contributed by atoms with van der Waals surface area (Å²) in [6.07, 6.45) is -1.36. The smallest absolute Gasteiger partial charge is 0.337 e. The Morgan fingerprint density at radius 2 is 1.00 bits per heavy atom. The van der Waals surface area contributed by atoms with Crippen LogP contribution in [0.1, 0.15) is 20.8 Å². The van der Waals surface area contributed by atoms with Crippen molar-refractivity contribution in [1.29, 1.82) is 0 Å². The van der Waals surface area contributed by atoms with Crippen molar-refractivity contribution >= 4 is 0 Å². The summed E-state index contributed by atoms with van der Waals surface area (Å²) in [5.41, 5.74) is -5.26. The summed E-state index contributed by atoms with van der Waals surface area (Å²) >= 11 is 0. The van der Waals surface area contributed by atoms with E-state index in [1.54, 1.807) is 0 Å². The topological polar surface area (TPSA) is 191 Å². The number of rotatable bonds is 10. The van der Waals surface area contributed by atoms with Crippen LogP contribution in [0.2, 0.25) is 0 Å². The molecule has 0 fully saturated rings. The van der Waals surface area contributed by atoms with Gasteiger partial charge in [0, 0.05) is 0 Å². The van der Waals surface area contributed by atoms with Gasteiger partial charge in [0.25, 0.3) is 0 Å². The minimum Gasteiger partial charge on any atom is -0.337 e. The van der Waals surface area contributed by atoms with Crippen molar-refractivity contribution in [3.8, 4) is 0 Å². The Hall–Kier alpha value is -2.48. The number of ether oxygens (including phenoxy) is 2. The van der Waals surface area contributed by atoms with Crippen molar-refractivity contribution in [3.63, 3.8) is 0 Å². The molecule has 14 nitrogen and oxygen atoms in total. The van der Waals surface area contributed by atoms with Crippen molar-refractivity contribution in [2.75, 3.05) is 13.2 Å². The van der Waals surface area contributed by atoms with E-state index in [-0.39, 0.29) is 0 Å². The Kier molecular flexibility index (Phi) is 6.20. The molecule has 0 rings (SSSR count). The van der Waals surface area contributed by atoms with Crippen LogP contribution >= 0.6 is 0 Å². The molecule has 0 unspecified atom stereocenters. The first kappa shape index (κ1) is 19.5. The van der Waals surface area contributed by atoms with Gasteiger partial charge >= 0.3 is 11.3 Å². The third-order valence-electron chi connectivity index (χ3n) is 2.76. The van der Waals surface area contributed by atoms with Gasteiger partial charge in [-0.1, -0.05) is 0 Å². The van der Waals surface area contributed by atoms with Gasteiger partial charge in [-0.25, -0.2) is 0 Å². The van der Waals surface area contributed by atoms with Gasteiger partial charge in [0.15, 0.2) is 19.5 Å². The van der Waals surface area contributed by atoms with Gasteiger partial charge in [-0.05, 0) is 6.92 Å². The summed E-state index contributed by atoms with van der Waals surface area (Å²) in [6.45, 7) is 0.583. The second-order valence-electron chi connectivity index (χ2n) is 4.65. The molecule has 0 amide bonds. The number of hydrogen-bond donors (Lipinski definition) is 0. The van der Waals surface area contributed by atoms with Crippen LogP contribution in [0.25, 0.3) is 0 Å². The molecule has 0 aromatic carbocycles. The van der Waals surface area contributed by atoms with E-state index in [2.05, 4.69) is 0 Å². The first-order valence-corrected chi connectivity index (χ1v) is 5.69. The second-order valence-corrected chi connectivity index (χ2v) is 4.65. The molecule has 0 spiro atoms. The minimum absolute atomic E-state index is 0.706. The van der Waals surface area contributed by atoms with E-state index in [0.717, 1.165) is 6.92 Å². The van der Waals surface area contributed by atoms with Crippen LogP contribution in [0, 0.1) is 40.5 Å². The lowest BCUT2D eigenvalue weighted by molar-refractivity contribution is -0.797. The van der Waals surface area contributed by atoms with Crippen LogP contribution in [0.3, 0.4) is 0 Å². The predicted octanol–water partition coefficient (Wildman–Crippen LogP) is -0.0952. The van der Waals surface area contributed by atoms with Crippen LogP contribution in [0.15, 0.2) is 0 Å². The fourth-order valence-electron chi connectivity index (χ4n) is 0.943. The van der Waals surface area contributed by atoms with Crippen molar-refractivity contribution in [3.05, 3.63) is 40.5 Å². The average Bonchev–Trinajstić information content (AvgIpc) is 2.40.